The zero-order valence-corrected chi connectivity index (χ0v) is 20.4. The number of amides is 2. The minimum Gasteiger partial charge on any atom is -0.496 e. The van der Waals surface area contributed by atoms with E-state index in [4.69, 9.17) is 14.7 Å². The van der Waals surface area contributed by atoms with Crippen LogP contribution in [-0.4, -0.2) is 51.7 Å². The topological polar surface area (TPSA) is 143 Å². The Morgan fingerprint density at radius 2 is 1.80 bits per heavy atom. The molecule has 0 saturated heterocycles. The van der Waals surface area contributed by atoms with Crippen molar-refractivity contribution >= 4 is 21.8 Å². The molecule has 0 spiro atoms. The van der Waals surface area contributed by atoms with E-state index in [1.807, 2.05) is 0 Å². The second-order valence-corrected chi connectivity index (χ2v) is 9.00. The Morgan fingerprint density at radius 3 is 2.46 bits per heavy atom. The fourth-order valence-corrected chi connectivity index (χ4v) is 4.32. The van der Waals surface area contributed by atoms with Crippen LogP contribution in [-0.2, 0) is 14.8 Å². The first-order valence-electron chi connectivity index (χ1n) is 10.8. The van der Waals surface area contributed by atoms with Gasteiger partial charge in [-0.1, -0.05) is 18.1 Å². The Labute approximate surface area is 205 Å². The molecule has 0 aliphatic rings. The van der Waals surface area contributed by atoms with Crippen molar-refractivity contribution in [3.63, 3.8) is 0 Å². The smallest absolute Gasteiger partial charge is 0.261 e. The molecule has 0 aliphatic heterocycles. The van der Waals surface area contributed by atoms with Gasteiger partial charge in [0.15, 0.2) is 0 Å². The van der Waals surface area contributed by atoms with E-state index in [1.165, 1.54) is 36.9 Å². The third-order valence-corrected chi connectivity index (χ3v) is 6.39. The van der Waals surface area contributed by atoms with E-state index in [2.05, 4.69) is 21.9 Å². The molecule has 0 radical (unpaired) electrons. The Kier molecular flexibility index (Phi) is 11.0. The van der Waals surface area contributed by atoms with Crippen molar-refractivity contribution in [2.24, 2.45) is 0 Å². The number of methoxy groups -OCH3 is 1. The van der Waals surface area contributed by atoms with Crippen LogP contribution in [0.3, 0.4) is 0 Å². The molecular weight excluding hydrogens is 474 g/mol. The number of para-hydroxylation sites is 1. The maximum absolute atomic E-state index is 12.7. The Balaban J connectivity index is 1.90. The quantitative estimate of drug-likeness (QED) is 0.141. The molecule has 0 aromatic heterocycles. The molecule has 0 unspecified atom stereocenters. The summed E-state index contributed by atoms with van der Waals surface area (Å²) >= 11 is 0. The van der Waals surface area contributed by atoms with Crippen LogP contribution >= 0.6 is 0 Å². The van der Waals surface area contributed by atoms with Crippen LogP contribution in [0, 0.1) is 11.8 Å². The van der Waals surface area contributed by atoms with Gasteiger partial charge < -0.3 is 14.8 Å². The summed E-state index contributed by atoms with van der Waals surface area (Å²) in [4.78, 5) is 24.3. The zero-order chi connectivity index (χ0) is 25.7. The summed E-state index contributed by atoms with van der Waals surface area (Å²) in [6.45, 7) is 2.17. The van der Waals surface area contributed by atoms with Crippen molar-refractivity contribution in [2.45, 2.75) is 37.1 Å². The molecule has 0 saturated carbocycles. The number of hydrogen-bond acceptors (Lipinski definition) is 7. The van der Waals surface area contributed by atoms with Gasteiger partial charge >= 0.3 is 0 Å². The molecule has 35 heavy (non-hydrogen) atoms. The first kappa shape index (κ1) is 27.7. The Hall–Kier alpha value is -3.59. The molecular formula is C24H29N3O7S. The van der Waals surface area contributed by atoms with Gasteiger partial charge in [0.1, 0.15) is 24.1 Å². The van der Waals surface area contributed by atoms with E-state index in [-0.39, 0.29) is 23.8 Å². The number of ether oxygens (including phenoxy) is 2. The third-order valence-electron chi connectivity index (χ3n) is 4.90. The largest absolute Gasteiger partial charge is 0.496 e. The summed E-state index contributed by atoms with van der Waals surface area (Å²) in [5.41, 5.74) is 1.89. The first-order valence-corrected chi connectivity index (χ1v) is 12.3. The molecule has 4 N–H and O–H groups in total. The Bertz CT molecular complexity index is 1160. The van der Waals surface area contributed by atoms with Gasteiger partial charge in [0.25, 0.3) is 11.8 Å². The van der Waals surface area contributed by atoms with Gasteiger partial charge in [-0.15, -0.1) is 5.92 Å². The number of carbonyl (C=O) groups is 2. The molecule has 0 fully saturated rings. The van der Waals surface area contributed by atoms with Gasteiger partial charge in [-0.25, -0.2) is 13.9 Å². The molecule has 10 nitrogen and oxygen atoms in total. The van der Waals surface area contributed by atoms with Crippen LogP contribution in [0.15, 0.2) is 53.4 Å². The van der Waals surface area contributed by atoms with Crippen LogP contribution in [0.1, 0.15) is 36.5 Å². The predicted octanol–water partition coefficient (Wildman–Crippen LogP) is 1.85. The van der Waals surface area contributed by atoms with Crippen LogP contribution in [0.25, 0.3) is 0 Å². The molecule has 188 valence electrons. The van der Waals surface area contributed by atoms with Crippen molar-refractivity contribution in [1.82, 2.24) is 15.5 Å². The monoisotopic (exact) mass is 503 g/mol. The maximum Gasteiger partial charge on any atom is 0.261 e. The van der Waals surface area contributed by atoms with Crippen LogP contribution in [0.4, 0.5) is 0 Å². The number of carbonyl (C=O) groups excluding carboxylic acids is 2. The fourth-order valence-electron chi connectivity index (χ4n) is 3.09. The zero-order valence-electron chi connectivity index (χ0n) is 19.5. The summed E-state index contributed by atoms with van der Waals surface area (Å²) in [5.74, 6) is 5.14. The molecule has 2 aromatic carbocycles. The van der Waals surface area contributed by atoms with Crippen LogP contribution in [0.5, 0.6) is 11.5 Å². The normalized spacial score (nSPS) is 11.5. The highest BCUT2D eigenvalue weighted by Gasteiger charge is 2.25. The van der Waals surface area contributed by atoms with E-state index >= 15 is 0 Å². The minimum atomic E-state index is -4.05. The molecule has 0 heterocycles. The summed E-state index contributed by atoms with van der Waals surface area (Å²) in [6.07, 6.45) is 0.982. The molecule has 1 atom stereocenters. The fraction of sp³-hybridized carbons (Fsp3) is 0.333. The van der Waals surface area contributed by atoms with Gasteiger partial charge in [0.2, 0.25) is 10.0 Å². The predicted molar refractivity (Wildman–Crippen MR) is 129 cm³/mol. The van der Waals surface area contributed by atoms with Gasteiger partial charge in [-0.3, -0.25) is 14.8 Å². The lowest BCUT2D eigenvalue weighted by molar-refractivity contribution is -0.131. The van der Waals surface area contributed by atoms with Crippen molar-refractivity contribution in [3.8, 4) is 23.3 Å². The van der Waals surface area contributed by atoms with E-state index < -0.39 is 22.0 Å². The molecule has 2 rings (SSSR count). The number of nitrogens with one attached hydrogen (secondary N) is 3. The van der Waals surface area contributed by atoms with Gasteiger partial charge in [-0.05, 0) is 62.6 Å². The van der Waals surface area contributed by atoms with Gasteiger partial charge in [0, 0.05) is 6.54 Å². The number of sulfonamides is 1. The van der Waals surface area contributed by atoms with E-state index in [0.29, 0.717) is 36.4 Å². The minimum absolute atomic E-state index is 0.0637. The van der Waals surface area contributed by atoms with Crippen molar-refractivity contribution < 1.29 is 32.7 Å². The molecule has 11 heteroatoms. The highest BCUT2D eigenvalue weighted by Crippen LogP contribution is 2.18. The number of benzene rings is 2. The van der Waals surface area contributed by atoms with E-state index in [0.717, 1.165) is 0 Å². The molecule has 2 aromatic rings. The summed E-state index contributed by atoms with van der Waals surface area (Å²) in [5, 5.41) is 11.8. The highest BCUT2D eigenvalue weighted by atomic mass is 32.2. The first-order chi connectivity index (χ1) is 16.8. The Morgan fingerprint density at radius 1 is 1.09 bits per heavy atom. The number of hydroxylamine groups is 1. The molecule has 0 bridgehead atoms. The lowest BCUT2D eigenvalue weighted by Gasteiger charge is -2.17. The molecule has 2 amide bonds. The summed E-state index contributed by atoms with van der Waals surface area (Å²) < 4.78 is 38.3. The van der Waals surface area contributed by atoms with Gasteiger partial charge in [-0.2, -0.15) is 4.72 Å². The average Bonchev–Trinajstić information content (AvgIpc) is 2.87. The average molecular weight is 504 g/mol. The number of rotatable bonds is 13. The third kappa shape index (κ3) is 8.60. The maximum atomic E-state index is 12.7. The second-order valence-electron chi connectivity index (χ2n) is 7.29. The lowest BCUT2D eigenvalue weighted by Crippen LogP contribution is -2.45. The second kappa shape index (κ2) is 14.0. The highest BCUT2D eigenvalue weighted by molar-refractivity contribution is 7.89. The van der Waals surface area contributed by atoms with Crippen molar-refractivity contribution in [2.75, 3.05) is 20.3 Å². The number of unbranched alkanes of at least 4 members (excludes halogenated alkanes) is 1. The van der Waals surface area contributed by atoms with E-state index in [1.54, 1.807) is 31.2 Å². The van der Waals surface area contributed by atoms with Crippen LogP contribution < -0.4 is 25.0 Å². The summed E-state index contributed by atoms with van der Waals surface area (Å²) in [7, 11) is -2.57. The lowest BCUT2D eigenvalue weighted by atomic mass is 10.1. The van der Waals surface area contributed by atoms with E-state index in [9.17, 15) is 18.0 Å². The molecule has 0 aliphatic carbocycles. The van der Waals surface area contributed by atoms with Crippen molar-refractivity contribution in [3.05, 3.63) is 54.1 Å². The van der Waals surface area contributed by atoms with Crippen molar-refractivity contribution in [1.29, 1.82) is 0 Å². The van der Waals surface area contributed by atoms with Gasteiger partial charge in [0.05, 0.1) is 17.6 Å². The summed E-state index contributed by atoms with van der Waals surface area (Å²) in [6, 6.07) is 11.3. The number of hydrogen-bond donors (Lipinski definition) is 4. The van der Waals surface area contributed by atoms with Crippen LogP contribution in [0.2, 0.25) is 0 Å². The standard InChI is InChI=1S/C24H29N3O7S/c1-3-4-17-34-18-12-14-19(15-13-18)35(31,32)27-21(24(29)26-30)10-7-8-16-25-23(28)20-9-5-6-11-22(20)33-2/h5-6,9,11-15,21,27,30H,7-8,10,16-17H2,1-2H3,(H,25,28)(H,26,29)/t21-/m1/s1. The SMILES string of the molecule is CC#CCOc1ccc(S(=O)(=O)N[C@H](CCCCNC(=O)c2ccccc2OC)C(=O)NO)cc1.